The van der Waals surface area contributed by atoms with Gasteiger partial charge in [0.15, 0.2) is 11.6 Å². The molecular weight excluding hydrogens is 231 g/mol. The molecule has 1 heterocycles. The highest BCUT2D eigenvalue weighted by molar-refractivity contribution is 5.49. The van der Waals surface area contributed by atoms with Crippen LogP contribution in [0.1, 0.15) is 19.8 Å². The lowest BCUT2D eigenvalue weighted by molar-refractivity contribution is 0.190. The second kappa shape index (κ2) is 5.57. The van der Waals surface area contributed by atoms with Crippen LogP contribution in [0.15, 0.2) is 18.2 Å². The number of hydrogen-bond acceptors (Lipinski definition) is 3. The second-order valence-corrected chi connectivity index (χ2v) is 5.04. The van der Waals surface area contributed by atoms with Gasteiger partial charge in [-0.25, -0.2) is 4.39 Å². The minimum Gasteiger partial charge on any atom is -0.494 e. The van der Waals surface area contributed by atoms with Gasteiger partial charge in [0.25, 0.3) is 0 Å². The molecule has 0 amide bonds. The summed E-state index contributed by atoms with van der Waals surface area (Å²) in [6.07, 6.45) is 2.22. The maximum atomic E-state index is 13.3. The Balaban J connectivity index is 2.01. The van der Waals surface area contributed by atoms with Crippen molar-refractivity contribution in [1.82, 2.24) is 4.90 Å². The first-order chi connectivity index (χ1) is 8.60. The van der Waals surface area contributed by atoms with Gasteiger partial charge in [-0.05, 0) is 38.9 Å². The lowest BCUT2D eigenvalue weighted by atomic mass is 9.98. The van der Waals surface area contributed by atoms with Gasteiger partial charge in [-0.1, -0.05) is 0 Å². The quantitative estimate of drug-likeness (QED) is 0.895. The maximum absolute atomic E-state index is 13.3. The van der Waals surface area contributed by atoms with Crippen LogP contribution in [0.4, 0.5) is 10.1 Å². The predicted molar refractivity (Wildman–Crippen MR) is 71.7 cm³/mol. The van der Waals surface area contributed by atoms with Gasteiger partial charge in [-0.2, -0.15) is 0 Å². The molecule has 3 nitrogen and oxygen atoms in total. The highest BCUT2D eigenvalue weighted by atomic mass is 19.1. The van der Waals surface area contributed by atoms with Crippen LogP contribution >= 0.6 is 0 Å². The van der Waals surface area contributed by atoms with Crippen LogP contribution in [0.5, 0.6) is 5.75 Å². The molecule has 1 aromatic carbocycles. The van der Waals surface area contributed by atoms with Gasteiger partial charge in [0, 0.05) is 30.4 Å². The van der Waals surface area contributed by atoms with Gasteiger partial charge in [-0.3, -0.25) is 0 Å². The number of piperidine rings is 1. The molecule has 2 unspecified atom stereocenters. The van der Waals surface area contributed by atoms with Gasteiger partial charge >= 0.3 is 0 Å². The summed E-state index contributed by atoms with van der Waals surface area (Å²) in [5.41, 5.74) is 0.926. The van der Waals surface area contributed by atoms with E-state index in [1.165, 1.54) is 13.2 Å². The average molecular weight is 252 g/mol. The number of nitrogens with zero attached hydrogens (tertiary/aromatic N) is 1. The summed E-state index contributed by atoms with van der Waals surface area (Å²) in [6, 6.07) is 5.96. The zero-order valence-electron chi connectivity index (χ0n) is 11.2. The van der Waals surface area contributed by atoms with Crippen LogP contribution < -0.4 is 10.1 Å². The van der Waals surface area contributed by atoms with Crippen molar-refractivity contribution in [2.75, 3.05) is 26.0 Å². The fraction of sp³-hybridized carbons (Fsp3) is 0.571. The molecule has 1 aromatic rings. The number of nitrogens with one attached hydrogen (secondary N) is 1. The van der Waals surface area contributed by atoms with E-state index < -0.39 is 0 Å². The van der Waals surface area contributed by atoms with Crippen molar-refractivity contribution in [2.24, 2.45) is 0 Å². The van der Waals surface area contributed by atoms with Gasteiger partial charge < -0.3 is 15.0 Å². The SMILES string of the molecule is COc1cc(NC2CCN(C)C(C)C2)ccc1F. The third kappa shape index (κ3) is 2.93. The summed E-state index contributed by atoms with van der Waals surface area (Å²) in [5, 5.41) is 3.46. The minimum absolute atomic E-state index is 0.293. The molecule has 4 heteroatoms. The van der Waals surface area contributed by atoms with Gasteiger partial charge in [0.1, 0.15) is 0 Å². The Bertz CT molecular complexity index is 411. The third-order valence-corrected chi connectivity index (χ3v) is 3.73. The number of likely N-dealkylation sites (tertiary alicyclic amines) is 1. The van der Waals surface area contributed by atoms with E-state index in [9.17, 15) is 4.39 Å². The Morgan fingerprint density at radius 3 is 2.89 bits per heavy atom. The second-order valence-electron chi connectivity index (χ2n) is 5.04. The number of methoxy groups -OCH3 is 1. The van der Waals surface area contributed by atoms with E-state index in [4.69, 9.17) is 4.74 Å². The largest absolute Gasteiger partial charge is 0.494 e. The molecule has 1 fully saturated rings. The van der Waals surface area contributed by atoms with E-state index >= 15 is 0 Å². The Morgan fingerprint density at radius 2 is 2.22 bits per heavy atom. The van der Waals surface area contributed by atoms with Gasteiger partial charge in [0.05, 0.1) is 7.11 Å². The number of anilines is 1. The van der Waals surface area contributed by atoms with Crippen molar-refractivity contribution in [2.45, 2.75) is 31.8 Å². The predicted octanol–water partition coefficient (Wildman–Crippen LogP) is 2.73. The van der Waals surface area contributed by atoms with Gasteiger partial charge in [0.2, 0.25) is 0 Å². The molecule has 2 rings (SSSR count). The number of benzene rings is 1. The van der Waals surface area contributed by atoms with Crippen molar-refractivity contribution in [1.29, 1.82) is 0 Å². The number of hydrogen-bond donors (Lipinski definition) is 1. The van der Waals surface area contributed by atoms with Crippen molar-refractivity contribution < 1.29 is 9.13 Å². The first-order valence-electron chi connectivity index (χ1n) is 6.40. The minimum atomic E-state index is -0.320. The Hall–Kier alpha value is -1.29. The maximum Gasteiger partial charge on any atom is 0.165 e. The molecule has 0 bridgehead atoms. The fourth-order valence-electron chi connectivity index (χ4n) is 2.41. The van der Waals surface area contributed by atoms with E-state index in [1.807, 2.05) is 0 Å². The molecule has 0 radical (unpaired) electrons. The summed E-state index contributed by atoms with van der Waals surface area (Å²) < 4.78 is 18.3. The molecule has 0 spiro atoms. The molecule has 18 heavy (non-hydrogen) atoms. The molecule has 1 saturated heterocycles. The zero-order chi connectivity index (χ0) is 13.1. The zero-order valence-corrected chi connectivity index (χ0v) is 11.2. The first-order valence-corrected chi connectivity index (χ1v) is 6.40. The molecule has 0 aliphatic carbocycles. The smallest absolute Gasteiger partial charge is 0.165 e. The van der Waals surface area contributed by atoms with E-state index in [-0.39, 0.29) is 5.82 Å². The molecule has 1 aliphatic rings. The molecule has 0 saturated carbocycles. The molecule has 1 N–H and O–H groups in total. The number of rotatable bonds is 3. The summed E-state index contributed by atoms with van der Waals surface area (Å²) in [5.74, 6) is -0.0271. The van der Waals surface area contributed by atoms with Crippen LogP contribution in [0.3, 0.4) is 0 Å². The van der Waals surface area contributed by atoms with Crippen LogP contribution in [0.2, 0.25) is 0 Å². The highest BCUT2D eigenvalue weighted by Gasteiger charge is 2.22. The molecular formula is C14H21FN2O. The standard InChI is InChI=1S/C14H21FN2O/c1-10-8-12(6-7-17(10)2)16-11-4-5-13(15)14(9-11)18-3/h4-5,9-10,12,16H,6-8H2,1-3H3. The van der Waals surface area contributed by atoms with Crippen molar-refractivity contribution >= 4 is 5.69 Å². The fourth-order valence-corrected chi connectivity index (χ4v) is 2.41. The molecule has 0 aromatic heterocycles. The topological polar surface area (TPSA) is 24.5 Å². The normalized spacial score (nSPS) is 24.9. The van der Waals surface area contributed by atoms with Crippen molar-refractivity contribution in [3.05, 3.63) is 24.0 Å². The van der Waals surface area contributed by atoms with Crippen LogP contribution in [0, 0.1) is 5.82 Å². The van der Waals surface area contributed by atoms with Crippen LogP contribution in [-0.4, -0.2) is 37.7 Å². The van der Waals surface area contributed by atoms with E-state index in [1.54, 1.807) is 12.1 Å². The summed E-state index contributed by atoms with van der Waals surface area (Å²) in [4.78, 5) is 2.36. The highest BCUT2D eigenvalue weighted by Crippen LogP contribution is 2.24. The third-order valence-electron chi connectivity index (χ3n) is 3.73. The van der Waals surface area contributed by atoms with Gasteiger partial charge in [-0.15, -0.1) is 0 Å². The van der Waals surface area contributed by atoms with Crippen LogP contribution in [0.25, 0.3) is 0 Å². The van der Waals surface area contributed by atoms with E-state index in [0.29, 0.717) is 17.8 Å². The Kier molecular flexibility index (Phi) is 4.07. The Morgan fingerprint density at radius 1 is 1.44 bits per heavy atom. The number of halogens is 1. The van der Waals surface area contributed by atoms with E-state index in [2.05, 4.69) is 24.2 Å². The monoisotopic (exact) mass is 252 g/mol. The van der Waals surface area contributed by atoms with Crippen molar-refractivity contribution in [3.63, 3.8) is 0 Å². The first kappa shape index (κ1) is 13.1. The summed E-state index contributed by atoms with van der Waals surface area (Å²) in [6.45, 7) is 3.33. The molecule has 1 aliphatic heterocycles. The molecule has 100 valence electrons. The average Bonchev–Trinajstić information content (AvgIpc) is 2.36. The summed E-state index contributed by atoms with van der Waals surface area (Å²) >= 11 is 0. The van der Waals surface area contributed by atoms with Crippen molar-refractivity contribution in [3.8, 4) is 5.75 Å². The lowest BCUT2D eigenvalue weighted by Gasteiger charge is -2.35. The number of ether oxygens (including phenoxy) is 1. The van der Waals surface area contributed by atoms with E-state index in [0.717, 1.165) is 25.1 Å². The lowest BCUT2D eigenvalue weighted by Crippen LogP contribution is -2.42. The Labute approximate surface area is 108 Å². The van der Waals surface area contributed by atoms with Crippen LogP contribution in [-0.2, 0) is 0 Å². The molecule has 2 atom stereocenters. The summed E-state index contributed by atoms with van der Waals surface area (Å²) in [7, 11) is 3.64.